The molecule has 28 heavy (non-hydrogen) atoms. The zero-order valence-corrected chi connectivity index (χ0v) is 16.0. The van der Waals surface area contributed by atoms with Gasteiger partial charge in [-0.05, 0) is 31.6 Å². The molecule has 0 radical (unpaired) electrons. The first-order chi connectivity index (χ1) is 13.5. The van der Waals surface area contributed by atoms with Crippen LogP contribution in [0.2, 0.25) is 0 Å². The third-order valence-electron chi connectivity index (χ3n) is 4.60. The summed E-state index contributed by atoms with van der Waals surface area (Å²) in [4.78, 5) is 31.2. The Labute approximate surface area is 165 Å². The molecule has 0 saturated heterocycles. The van der Waals surface area contributed by atoms with Crippen LogP contribution in [-0.2, 0) is 9.59 Å². The van der Waals surface area contributed by atoms with E-state index in [-0.39, 0.29) is 12.1 Å². The highest BCUT2D eigenvalue weighted by molar-refractivity contribution is 7.22. The molecule has 3 aromatic heterocycles. The molecule has 4 heterocycles. The van der Waals surface area contributed by atoms with Crippen LogP contribution < -0.4 is 0 Å². The molecular weight excluding hydrogens is 374 g/mol. The summed E-state index contributed by atoms with van der Waals surface area (Å²) in [6, 6.07) is 9.56. The van der Waals surface area contributed by atoms with Gasteiger partial charge in [-0.25, -0.2) is 0 Å². The maximum absolute atomic E-state index is 12.7. The van der Waals surface area contributed by atoms with E-state index in [1.165, 1.54) is 0 Å². The van der Waals surface area contributed by atoms with E-state index in [1.54, 1.807) is 43.7 Å². The Hall–Kier alpha value is -3.50. The van der Waals surface area contributed by atoms with Gasteiger partial charge in [0.1, 0.15) is 23.0 Å². The van der Waals surface area contributed by atoms with Crippen LogP contribution in [-0.4, -0.2) is 28.2 Å². The first kappa shape index (κ1) is 17.9. The van der Waals surface area contributed by atoms with Crippen LogP contribution in [0.1, 0.15) is 19.6 Å². The second kappa shape index (κ2) is 6.91. The standard InChI is InChI=1S/C21H15N3O3S/c1-3-24-20(25)15(12(2)16(10-22)21(24)26)7-14-8-19-17(27-14)9-18(28-19)13-5-4-6-23-11-13/h4-9,11H,3H2,1-2H3/b15-7-. The van der Waals surface area contributed by atoms with E-state index in [0.29, 0.717) is 22.5 Å². The van der Waals surface area contributed by atoms with Crippen molar-refractivity contribution in [2.24, 2.45) is 0 Å². The molecule has 0 aromatic carbocycles. The molecule has 0 unspecified atom stereocenters. The number of aromatic nitrogens is 1. The number of fused-ring (bicyclic) bond motifs is 1. The van der Waals surface area contributed by atoms with E-state index in [2.05, 4.69) is 4.98 Å². The SMILES string of the molecule is CCN1C(=O)C(C#N)=C(C)/C(=C/c2cc3sc(-c4cccnc4)cc3o2)C1=O. The largest absolute Gasteiger partial charge is 0.456 e. The topological polar surface area (TPSA) is 87.2 Å². The number of rotatable bonds is 3. The van der Waals surface area contributed by atoms with Crippen LogP contribution in [0.15, 0.2) is 57.8 Å². The minimum Gasteiger partial charge on any atom is -0.456 e. The van der Waals surface area contributed by atoms with Gasteiger partial charge in [-0.3, -0.25) is 19.5 Å². The van der Waals surface area contributed by atoms with Crippen molar-refractivity contribution in [3.63, 3.8) is 0 Å². The highest BCUT2D eigenvalue weighted by atomic mass is 32.1. The van der Waals surface area contributed by atoms with Crippen molar-refractivity contribution >= 4 is 39.5 Å². The first-order valence-electron chi connectivity index (χ1n) is 8.66. The Bertz CT molecular complexity index is 1180. The minimum atomic E-state index is -0.550. The molecule has 7 heteroatoms. The minimum absolute atomic E-state index is 0.0140. The molecular formula is C21H15N3O3S. The molecule has 0 atom stereocenters. The zero-order valence-electron chi connectivity index (χ0n) is 15.2. The van der Waals surface area contributed by atoms with E-state index >= 15 is 0 Å². The molecule has 0 spiro atoms. The molecule has 2 amide bonds. The van der Waals surface area contributed by atoms with Crippen LogP contribution >= 0.6 is 11.3 Å². The van der Waals surface area contributed by atoms with Crippen LogP contribution in [0.4, 0.5) is 0 Å². The Balaban J connectivity index is 1.76. The number of imide groups is 1. The number of nitrogens with zero attached hydrogens (tertiary/aromatic N) is 3. The third kappa shape index (κ3) is 2.84. The molecule has 6 nitrogen and oxygen atoms in total. The molecule has 0 N–H and O–H groups in total. The van der Waals surface area contributed by atoms with Gasteiger partial charge in [0.05, 0.1) is 4.70 Å². The van der Waals surface area contributed by atoms with E-state index in [4.69, 9.17) is 4.42 Å². The Morgan fingerprint density at radius 3 is 2.79 bits per heavy atom. The number of hydrogen-bond donors (Lipinski definition) is 0. The fourth-order valence-electron chi connectivity index (χ4n) is 3.14. The summed E-state index contributed by atoms with van der Waals surface area (Å²) >= 11 is 1.57. The van der Waals surface area contributed by atoms with Gasteiger partial charge in [0, 0.05) is 47.1 Å². The Morgan fingerprint density at radius 1 is 1.32 bits per heavy atom. The highest BCUT2D eigenvalue weighted by Crippen LogP contribution is 2.36. The fraction of sp³-hybridized carbons (Fsp3) is 0.143. The third-order valence-corrected chi connectivity index (χ3v) is 5.71. The molecule has 0 aliphatic carbocycles. The van der Waals surface area contributed by atoms with Crippen molar-refractivity contribution in [3.8, 4) is 16.5 Å². The first-order valence-corrected chi connectivity index (χ1v) is 9.48. The summed E-state index contributed by atoms with van der Waals surface area (Å²) in [5.74, 6) is -0.463. The lowest BCUT2D eigenvalue weighted by Gasteiger charge is -2.25. The van der Waals surface area contributed by atoms with Crippen LogP contribution in [0.5, 0.6) is 0 Å². The molecule has 0 fully saturated rings. The van der Waals surface area contributed by atoms with Crippen molar-refractivity contribution < 1.29 is 14.0 Å². The number of likely N-dealkylation sites (N-methyl/N-ethyl adjacent to an activating group) is 1. The van der Waals surface area contributed by atoms with Gasteiger partial charge in [-0.15, -0.1) is 11.3 Å². The Morgan fingerprint density at radius 2 is 2.14 bits per heavy atom. The zero-order chi connectivity index (χ0) is 19.8. The molecule has 1 aliphatic rings. The fourth-order valence-corrected chi connectivity index (χ4v) is 4.15. The van der Waals surface area contributed by atoms with E-state index < -0.39 is 11.8 Å². The number of carbonyl (C=O) groups is 2. The number of furan rings is 1. The van der Waals surface area contributed by atoms with Crippen molar-refractivity contribution in [2.45, 2.75) is 13.8 Å². The molecule has 138 valence electrons. The lowest BCUT2D eigenvalue weighted by atomic mass is 9.95. The predicted octanol–water partition coefficient (Wildman–Crippen LogP) is 4.17. The monoisotopic (exact) mass is 389 g/mol. The van der Waals surface area contributed by atoms with Crippen LogP contribution in [0.3, 0.4) is 0 Å². The quantitative estimate of drug-likeness (QED) is 0.496. The van der Waals surface area contributed by atoms with Crippen molar-refractivity contribution in [3.05, 3.63) is 59.1 Å². The van der Waals surface area contributed by atoms with Gasteiger partial charge >= 0.3 is 0 Å². The average molecular weight is 389 g/mol. The van der Waals surface area contributed by atoms with Crippen LogP contribution in [0, 0.1) is 11.3 Å². The summed E-state index contributed by atoms with van der Waals surface area (Å²) < 4.78 is 6.83. The Kier molecular flexibility index (Phi) is 4.41. The van der Waals surface area contributed by atoms with Crippen molar-refractivity contribution in [1.82, 2.24) is 9.88 Å². The maximum Gasteiger partial charge on any atom is 0.271 e. The average Bonchev–Trinajstić information content (AvgIpc) is 3.25. The summed E-state index contributed by atoms with van der Waals surface area (Å²) in [7, 11) is 0. The number of hydrogen-bond acceptors (Lipinski definition) is 6. The van der Waals surface area contributed by atoms with E-state index in [1.807, 2.05) is 30.3 Å². The predicted molar refractivity (Wildman–Crippen MR) is 106 cm³/mol. The van der Waals surface area contributed by atoms with Crippen molar-refractivity contribution in [1.29, 1.82) is 5.26 Å². The lowest BCUT2D eigenvalue weighted by Crippen LogP contribution is -2.42. The van der Waals surface area contributed by atoms with Crippen molar-refractivity contribution in [2.75, 3.05) is 6.54 Å². The van der Waals surface area contributed by atoms with Crippen LogP contribution in [0.25, 0.3) is 26.8 Å². The smallest absolute Gasteiger partial charge is 0.271 e. The summed E-state index contributed by atoms with van der Waals surface area (Å²) in [5, 5.41) is 9.31. The number of carbonyl (C=O) groups excluding carboxylic acids is 2. The molecule has 0 saturated carbocycles. The molecule has 4 rings (SSSR count). The van der Waals surface area contributed by atoms with E-state index in [0.717, 1.165) is 20.0 Å². The number of nitriles is 1. The summed E-state index contributed by atoms with van der Waals surface area (Å²) in [5.41, 5.74) is 2.38. The maximum atomic E-state index is 12.7. The number of amides is 2. The second-order valence-corrected chi connectivity index (χ2v) is 7.34. The lowest BCUT2D eigenvalue weighted by molar-refractivity contribution is -0.140. The van der Waals surface area contributed by atoms with Gasteiger partial charge < -0.3 is 4.42 Å². The summed E-state index contributed by atoms with van der Waals surface area (Å²) in [6.45, 7) is 3.51. The number of pyridine rings is 1. The number of thiophene rings is 1. The van der Waals surface area contributed by atoms with Gasteiger partial charge in [0.15, 0.2) is 0 Å². The molecule has 3 aromatic rings. The highest BCUT2D eigenvalue weighted by Gasteiger charge is 2.34. The van der Waals surface area contributed by atoms with Gasteiger partial charge in [-0.2, -0.15) is 5.26 Å². The second-order valence-electron chi connectivity index (χ2n) is 6.25. The van der Waals surface area contributed by atoms with E-state index in [9.17, 15) is 14.9 Å². The molecule has 1 aliphatic heterocycles. The normalized spacial score (nSPS) is 16.3. The van der Waals surface area contributed by atoms with Gasteiger partial charge in [0.25, 0.3) is 11.8 Å². The van der Waals surface area contributed by atoms with Gasteiger partial charge in [-0.1, -0.05) is 6.07 Å². The van der Waals surface area contributed by atoms with Gasteiger partial charge in [0.2, 0.25) is 0 Å². The summed E-state index contributed by atoms with van der Waals surface area (Å²) in [6.07, 6.45) is 5.12. The molecule has 0 bridgehead atoms.